The van der Waals surface area contributed by atoms with Gasteiger partial charge in [0.1, 0.15) is 0 Å². The monoisotopic (exact) mass is 340 g/mol. The molecule has 2 aromatic rings. The molecule has 0 unspecified atom stereocenters. The van der Waals surface area contributed by atoms with Crippen LogP contribution in [0.2, 0.25) is 0 Å². The third-order valence-electron chi connectivity index (χ3n) is 4.80. The second-order valence-corrected chi connectivity index (χ2v) is 6.50. The Labute approximate surface area is 148 Å². The molecule has 5 heteroatoms. The van der Waals surface area contributed by atoms with Gasteiger partial charge in [-0.2, -0.15) is 0 Å². The minimum absolute atomic E-state index is 0.00873. The molecular weight excluding hydrogens is 316 g/mol. The van der Waals surface area contributed by atoms with E-state index in [2.05, 4.69) is 6.92 Å². The number of rotatable bonds is 4. The van der Waals surface area contributed by atoms with E-state index in [1.165, 1.54) is 6.26 Å². The number of carbonyl (C=O) groups excluding carboxylic acids is 2. The molecule has 1 saturated heterocycles. The summed E-state index contributed by atoms with van der Waals surface area (Å²) in [7, 11) is 0. The Morgan fingerprint density at radius 1 is 1.24 bits per heavy atom. The van der Waals surface area contributed by atoms with Gasteiger partial charge in [-0.05, 0) is 25.0 Å². The Bertz CT molecular complexity index is 738. The first-order valence-electron chi connectivity index (χ1n) is 8.77. The van der Waals surface area contributed by atoms with Crippen LogP contribution in [0.1, 0.15) is 41.4 Å². The van der Waals surface area contributed by atoms with Gasteiger partial charge in [0, 0.05) is 37.7 Å². The predicted octanol–water partition coefficient (Wildman–Crippen LogP) is 3.24. The molecule has 1 aliphatic rings. The van der Waals surface area contributed by atoms with Crippen molar-refractivity contribution in [3.63, 3.8) is 0 Å². The summed E-state index contributed by atoms with van der Waals surface area (Å²) < 4.78 is 5.35. The first-order valence-corrected chi connectivity index (χ1v) is 8.77. The fraction of sp³-hybridized carbons (Fsp3) is 0.400. The average molecular weight is 340 g/mol. The lowest BCUT2D eigenvalue weighted by molar-refractivity contribution is -0.133. The zero-order valence-corrected chi connectivity index (χ0v) is 14.8. The Hall–Kier alpha value is -2.56. The fourth-order valence-corrected chi connectivity index (χ4v) is 3.29. The highest BCUT2D eigenvalue weighted by atomic mass is 16.3. The van der Waals surface area contributed by atoms with Crippen LogP contribution in [-0.2, 0) is 11.3 Å². The molecule has 0 radical (unpaired) electrons. The van der Waals surface area contributed by atoms with Crippen molar-refractivity contribution >= 4 is 11.8 Å². The van der Waals surface area contributed by atoms with Crippen molar-refractivity contribution in [1.29, 1.82) is 0 Å². The van der Waals surface area contributed by atoms with Crippen LogP contribution in [0.15, 0.2) is 47.1 Å². The predicted molar refractivity (Wildman–Crippen MR) is 95.0 cm³/mol. The standard InChI is InChI=1S/C20H24N2O3/c1-3-17-14-21(20(24)19-15(2)10-12-25-19)11-9-18(23)22(17)13-16-7-5-4-6-8-16/h4-8,10,12,17H,3,9,11,13-14H2,1-2H3/t17-/m1/s1. The molecule has 0 saturated carbocycles. The topological polar surface area (TPSA) is 53.8 Å². The molecule has 1 atom stereocenters. The van der Waals surface area contributed by atoms with Crippen LogP contribution in [0.3, 0.4) is 0 Å². The molecule has 1 fully saturated rings. The maximum absolute atomic E-state index is 12.8. The number of carbonyl (C=O) groups is 2. The SMILES string of the molecule is CC[C@@H]1CN(C(=O)c2occc2C)CCC(=O)N1Cc1ccccc1. The minimum atomic E-state index is -0.129. The Kier molecular flexibility index (Phi) is 5.22. The van der Waals surface area contributed by atoms with E-state index in [-0.39, 0.29) is 17.9 Å². The van der Waals surface area contributed by atoms with E-state index in [0.29, 0.717) is 31.8 Å². The van der Waals surface area contributed by atoms with Crippen molar-refractivity contribution in [3.05, 3.63) is 59.5 Å². The smallest absolute Gasteiger partial charge is 0.289 e. The summed E-state index contributed by atoms with van der Waals surface area (Å²) in [5.74, 6) is 0.344. The first kappa shape index (κ1) is 17.3. The largest absolute Gasteiger partial charge is 0.459 e. The van der Waals surface area contributed by atoms with Gasteiger partial charge in [-0.15, -0.1) is 0 Å². The van der Waals surface area contributed by atoms with E-state index in [0.717, 1.165) is 17.5 Å². The lowest BCUT2D eigenvalue weighted by Gasteiger charge is -2.31. The lowest BCUT2D eigenvalue weighted by Crippen LogP contribution is -2.43. The second kappa shape index (κ2) is 7.55. The second-order valence-electron chi connectivity index (χ2n) is 6.50. The molecule has 132 valence electrons. The molecular formula is C20H24N2O3. The maximum atomic E-state index is 12.8. The number of hydrogen-bond donors (Lipinski definition) is 0. The summed E-state index contributed by atoms with van der Waals surface area (Å²) in [6.07, 6.45) is 2.68. The third kappa shape index (κ3) is 3.76. The normalized spacial score (nSPS) is 18.3. The summed E-state index contributed by atoms with van der Waals surface area (Å²) in [4.78, 5) is 29.1. The highest BCUT2D eigenvalue weighted by Gasteiger charge is 2.32. The lowest BCUT2D eigenvalue weighted by atomic mass is 10.1. The van der Waals surface area contributed by atoms with Gasteiger partial charge in [0.05, 0.1) is 6.26 Å². The zero-order valence-electron chi connectivity index (χ0n) is 14.8. The first-order chi connectivity index (χ1) is 12.1. The molecule has 0 spiro atoms. The molecule has 2 amide bonds. The van der Waals surface area contributed by atoms with Crippen LogP contribution < -0.4 is 0 Å². The van der Waals surface area contributed by atoms with Crippen molar-refractivity contribution in [2.75, 3.05) is 13.1 Å². The van der Waals surface area contributed by atoms with Gasteiger partial charge in [-0.1, -0.05) is 37.3 Å². The van der Waals surface area contributed by atoms with E-state index in [1.807, 2.05) is 42.2 Å². The molecule has 1 aliphatic heterocycles. The van der Waals surface area contributed by atoms with E-state index in [1.54, 1.807) is 11.0 Å². The van der Waals surface area contributed by atoms with Crippen molar-refractivity contribution in [1.82, 2.24) is 9.80 Å². The fourth-order valence-electron chi connectivity index (χ4n) is 3.29. The summed E-state index contributed by atoms with van der Waals surface area (Å²) in [5.41, 5.74) is 1.94. The van der Waals surface area contributed by atoms with Gasteiger partial charge >= 0.3 is 0 Å². The highest BCUT2D eigenvalue weighted by molar-refractivity contribution is 5.93. The van der Waals surface area contributed by atoms with Gasteiger partial charge in [0.25, 0.3) is 5.91 Å². The van der Waals surface area contributed by atoms with Crippen molar-refractivity contribution in [2.24, 2.45) is 0 Å². The number of nitrogens with zero attached hydrogens (tertiary/aromatic N) is 2. The number of aryl methyl sites for hydroxylation is 1. The number of hydrogen-bond acceptors (Lipinski definition) is 3. The molecule has 3 rings (SSSR count). The summed E-state index contributed by atoms with van der Waals surface area (Å²) in [6, 6.07) is 11.8. The maximum Gasteiger partial charge on any atom is 0.289 e. The zero-order chi connectivity index (χ0) is 17.8. The van der Waals surface area contributed by atoms with Gasteiger partial charge in [-0.25, -0.2) is 0 Å². The molecule has 0 bridgehead atoms. The average Bonchev–Trinajstić information content (AvgIpc) is 2.99. The van der Waals surface area contributed by atoms with E-state index in [4.69, 9.17) is 4.42 Å². The molecule has 0 aliphatic carbocycles. The van der Waals surface area contributed by atoms with Gasteiger partial charge in [-0.3, -0.25) is 9.59 Å². The van der Waals surface area contributed by atoms with E-state index in [9.17, 15) is 9.59 Å². The minimum Gasteiger partial charge on any atom is -0.459 e. The van der Waals surface area contributed by atoms with Crippen LogP contribution in [0.25, 0.3) is 0 Å². The third-order valence-corrected chi connectivity index (χ3v) is 4.80. The molecule has 1 aromatic carbocycles. The van der Waals surface area contributed by atoms with E-state index >= 15 is 0 Å². The Morgan fingerprint density at radius 3 is 2.64 bits per heavy atom. The van der Waals surface area contributed by atoms with Crippen LogP contribution in [-0.4, -0.2) is 40.7 Å². The summed E-state index contributed by atoms with van der Waals surface area (Å²) in [5, 5.41) is 0. The van der Waals surface area contributed by atoms with Gasteiger partial charge in [0.15, 0.2) is 5.76 Å². The summed E-state index contributed by atoms with van der Waals surface area (Å²) in [6.45, 7) is 5.47. The van der Waals surface area contributed by atoms with Crippen molar-refractivity contribution in [2.45, 2.75) is 39.3 Å². The molecule has 5 nitrogen and oxygen atoms in total. The van der Waals surface area contributed by atoms with Gasteiger partial charge < -0.3 is 14.2 Å². The Balaban J connectivity index is 1.79. The van der Waals surface area contributed by atoms with Crippen LogP contribution in [0.5, 0.6) is 0 Å². The van der Waals surface area contributed by atoms with Crippen molar-refractivity contribution in [3.8, 4) is 0 Å². The number of furan rings is 1. The molecule has 2 heterocycles. The van der Waals surface area contributed by atoms with Crippen LogP contribution in [0.4, 0.5) is 0 Å². The van der Waals surface area contributed by atoms with Crippen LogP contribution >= 0.6 is 0 Å². The van der Waals surface area contributed by atoms with E-state index < -0.39 is 0 Å². The van der Waals surface area contributed by atoms with Crippen LogP contribution in [0, 0.1) is 6.92 Å². The summed E-state index contributed by atoms with van der Waals surface area (Å²) >= 11 is 0. The van der Waals surface area contributed by atoms with Crippen molar-refractivity contribution < 1.29 is 14.0 Å². The number of benzene rings is 1. The molecule has 0 N–H and O–H groups in total. The quantitative estimate of drug-likeness (QED) is 0.858. The highest BCUT2D eigenvalue weighted by Crippen LogP contribution is 2.20. The molecule has 1 aromatic heterocycles. The Morgan fingerprint density at radius 2 is 2.00 bits per heavy atom. The van der Waals surface area contributed by atoms with Gasteiger partial charge in [0.2, 0.25) is 5.91 Å². The molecule has 25 heavy (non-hydrogen) atoms. The number of amides is 2.